The van der Waals surface area contributed by atoms with Gasteiger partial charge in [-0.3, -0.25) is 4.90 Å². The Morgan fingerprint density at radius 3 is 2.31 bits per heavy atom. The topological polar surface area (TPSA) is 9.72 Å². The van der Waals surface area contributed by atoms with Crippen molar-refractivity contribution in [1.82, 2.24) is 14.7 Å². The van der Waals surface area contributed by atoms with Gasteiger partial charge in [0, 0.05) is 38.3 Å². The van der Waals surface area contributed by atoms with Crippen LogP contribution in [0.25, 0.3) is 0 Å². The van der Waals surface area contributed by atoms with E-state index in [0.717, 1.165) is 12.1 Å². The van der Waals surface area contributed by atoms with Crippen LogP contribution in [0.15, 0.2) is 0 Å². The molecule has 2 saturated heterocycles. The molecule has 2 aliphatic rings. The minimum Gasteiger partial charge on any atom is -0.305 e. The van der Waals surface area contributed by atoms with Gasteiger partial charge in [-0.25, -0.2) is 0 Å². The highest BCUT2D eigenvalue weighted by Crippen LogP contribution is 2.20. The van der Waals surface area contributed by atoms with Gasteiger partial charge in [-0.2, -0.15) is 0 Å². The summed E-state index contributed by atoms with van der Waals surface area (Å²) < 4.78 is 0. The summed E-state index contributed by atoms with van der Waals surface area (Å²) in [4.78, 5) is 7.42. The van der Waals surface area contributed by atoms with Crippen molar-refractivity contribution < 1.29 is 0 Å². The Bertz CT molecular complexity index is 175. The van der Waals surface area contributed by atoms with Crippen LogP contribution >= 0.6 is 0 Å². The van der Waals surface area contributed by atoms with Gasteiger partial charge >= 0.3 is 0 Å². The van der Waals surface area contributed by atoms with Gasteiger partial charge in [0.15, 0.2) is 0 Å². The number of hydrogen-bond donors (Lipinski definition) is 0. The smallest absolute Gasteiger partial charge is 0.0350 e. The normalized spacial score (nSPS) is 32.8. The second-order valence-corrected chi connectivity index (χ2v) is 4.78. The molecule has 0 spiro atoms. The van der Waals surface area contributed by atoms with Crippen LogP contribution in [-0.2, 0) is 0 Å². The molecule has 0 N–H and O–H groups in total. The lowest BCUT2D eigenvalue weighted by Gasteiger charge is -2.42. The zero-order valence-corrected chi connectivity index (χ0v) is 9.03. The zero-order valence-electron chi connectivity index (χ0n) is 9.03. The molecule has 0 aromatic carbocycles. The molecule has 2 aliphatic heterocycles. The fraction of sp³-hybridized carbons (Fsp3) is 1.00. The molecule has 0 amide bonds. The highest BCUT2D eigenvalue weighted by molar-refractivity contribution is 4.92. The molecule has 76 valence electrons. The molecule has 13 heavy (non-hydrogen) atoms. The van der Waals surface area contributed by atoms with Crippen molar-refractivity contribution in [3.05, 3.63) is 0 Å². The molecule has 1 atom stereocenters. The van der Waals surface area contributed by atoms with Gasteiger partial charge in [-0.1, -0.05) is 0 Å². The van der Waals surface area contributed by atoms with E-state index in [1.165, 1.54) is 32.6 Å². The van der Waals surface area contributed by atoms with E-state index >= 15 is 0 Å². The summed E-state index contributed by atoms with van der Waals surface area (Å²) in [5.74, 6) is 0. The van der Waals surface area contributed by atoms with Crippen LogP contribution < -0.4 is 0 Å². The third-order valence-electron chi connectivity index (χ3n) is 3.49. The molecule has 2 heterocycles. The first kappa shape index (κ1) is 9.44. The largest absolute Gasteiger partial charge is 0.305 e. The summed E-state index contributed by atoms with van der Waals surface area (Å²) in [7, 11) is 6.60. The Balaban J connectivity index is 1.78. The predicted molar refractivity (Wildman–Crippen MR) is 55.0 cm³/mol. The molecule has 3 nitrogen and oxygen atoms in total. The van der Waals surface area contributed by atoms with E-state index in [1.807, 2.05) is 0 Å². The lowest BCUT2D eigenvalue weighted by atomic mass is 10.1. The van der Waals surface area contributed by atoms with Crippen molar-refractivity contribution >= 4 is 0 Å². The molecule has 0 aromatic rings. The molecular weight excluding hydrogens is 162 g/mol. The maximum absolute atomic E-state index is 2.66. The minimum absolute atomic E-state index is 0.797. The summed E-state index contributed by atoms with van der Waals surface area (Å²) in [6.07, 6.45) is 1.35. The van der Waals surface area contributed by atoms with Crippen molar-refractivity contribution in [3.63, 3.8) is 0 Å². The molecular formula is C10H21N3. The van der Waals surface area contributed by atoms with Crippen LogP contribution in [0.2, 0.25) is 0 Å². The summed E-state index contributed by atoms with van der Waals surface area (Å²) in [5, 5.41) is 0. The molecule has 2 rings (SSSR count). The lowest BCUT2D eigenvalue weighted by molar-refractivity contribution is 0.0649. The minimum atomic E-state index is 0.797. The molecule has 2 fully saturated rings. The summed E-state index contributed by atoms with van der Waals surface area (Å²) in [6.45, 7) is 5.15. The van der Waals surface area contributed by atoms with Crippen LogP contribution in [0.4, 0.5) is 0 Å². The standard InChI is InChI=1S/C10H21N3/c1-11(2)9-4-5-13(8-9)10-6-12(3)7-10/h9-10H,4-8H2,1-3H3. The molecule has 0 aliphatic carbocycles. The van der Waals surface area contributed by atoms with Crippen molar-refractivity contribution in [2.45, 2.75) is 18.5 Å². The number of likely N-dealkylation sites (N-methyl/N-ethyl adjacent to an activating group) is 2. The fourth-order valence-corrected chi connectivity index (χ4v) is 2.42. The van der Waals surface area contributed by atoms with Crippen molar-refractivity contribution in [3.8, 4) is 0 Å². The summed E-state index contributed by atoms with van der Waals surface area (Å²) in [5.41, 5.74) is 0. The number of nitrogens with zero attached hydrogens (tertiary/aromatic N) is 3. The predicted octanol–water partition coefficient (Wildman–Crippen LogP) is -0.0637. The maximum atomic E-state index is 2.66. The molecule has 0 radical (unpaired) electrons. The van der Waals surface area contributed by atoms with Crippen LogP contribution in [0, 0.1) is 0 Å². The first-order chi connectivity index (χ1) is 6.16. The highest BCUT2D eigenvalue weighted by atomic mass is 15.3. The lowest BCUT2D eigenvalue weighted by Crippen LogP contribution is -2.57. The van der Waals surface area contributed by atoms with Gasteiger partial charge in [0.05, 0.1) is 0 Å². The first-order valence-electron chi connectivity index (χ1n) is 5.26. The molecule has 3 heteroatoms. The SMILES string of the molecule is CN1CC(N2CCC(N(C)C)C2)C1. The van der Waals surface area contributed by atoms with Gasteiger partial charge in [0.25, 0.3) is 0 Å². The van der Waals surface area contributed by atoms with E-state index in [0.29, 0.717) is 0 Å². The van der Waals surface area contributed by atoms with E-state index in [2.05, 4.69) is 35.8 Å². The summed E-state index contributed by atoms with van der Waals surface area (Å²) in [6, 6.07) is 1.65. The zero-order chi connectivity index (χ0) is 9.42. The van der Waals surface area contributed by atoms with Crippen LogP contribution in [0.1, 0.15) is 6.42 Å². The van der Waals surface area contributed by atoms with Gasteiger partial charge < -0.3 is 9.80 Å². The maximum Gasteiger partial charge on any atom is 0.0350 e. The van der Waals surface area contributed by atoms with Crippen LogP contribution in [0.3, 0.4) is 0 Å². The number of rotatable bonds is 2. The van der Waals surface area contributed by atoms with Crippen molar-refractivity contribution in [1.29, 1.82) is 0 Å². The van der Waals surface area contributed by atoms with E-state index < -0.39 is 0 Å². The fourth-order valence-electron chi connectivity index (χ4n) is 2.42. The van der Waals surface area contributed by atoms with Crippen molar-refractivity contribution in [2.24, 2.45) is 0 Å². The molecule has 0 bridgehead atoms. The Labute approximate surface area is 81.3 Å². The molecule has 0 saturated carbocycles. The highest BCUT2D eigenvalue weighted by Gasteiger charge is 2.34. The van der Waals surface area contributed by atoms with Crippen molar-refractivity contribution in [2.75, 3.05) is 47.3 Å². The Kier molecular flexibility index (Phi) is 2.58. The van der Waals surface area contributed by atoms with Crippen LogP contribution in [0.5, 0.6) is 0 Å². The van der Waals surface area contributed by atoms with Gasteiger partial charge in [0.2, 0.25) is 0 Å². The second kappa shape index (κ2) is 3.56. The quantitative estimate of drug-likeness (QED) is 0.594. The number of hydrogen-bond acceptors (Lipinski definition) is 3. The van der Waals surface area contributed by atoms with E-state index in [-0.39, 0.29) is 0 Å². The average Bonchev–Trinajstić information content (AvgIpc) is 2.46. The Morgan fingerprint density at radius 2 is 1.85 bits per heavy atom. The Hall–Kier alpha value is -0.120. The molecule has 0 aromatic heterocycles. The van der Waals surface area contributed by atoms with E-state index in [9.17, 15) is 0 Å². The third-order valence-corrected chi connectivity index (χ3v) is 3.49. The van der Waals surface area contributed by atoms with Crippen LogP contribution in [-0.4, -0.2) is 74.1 Å². The molecule has 1 unspecified atom stereocenters. The average molecular weight is 183 g/mol. The summed E-state index contributed by atoms with van der Waals surface area (Å²) >= 11 is 0. The second-order valence-electron chi connectivity index (χ2n) is 4.78. The van der Waals surface area contributed by atoms with E-state index in [1.54, 1.807) is 0 Å². The van der Waals surface area contributed by atoms with Gasteiger partial charge in [0.1, 0.15) is 0 Å². The number of likely N-dealkylation sites (tertiary alicyclic amines) is 2. The van der Waals surface area contributed by atoms with Gasteiger partial charge in [-0.15, -0.1) is 0 Å². The van der Waals surface area contributed by atoms with Gasteiger partial charge in [-0.05, 0) is 27.6 Å². The first-order valence-corrected chi connectivity index (χ1v) is 5.26. The third kappa shape index (κ3) is 1.87. The Morgan fingerprint density at radius 1 is 1.15 bits per heavy atom. The monoisotopic (exact) mass is 183 g/mol. The van der Waals surface area contributed by atoms with E-state index in [4.69, 9.17) is 0 Å².